The standard InChI is InChI=1S/C21H22ClN3O2S/c1-15-11-12-17(13-19(15)22)24-28(26,27)20-14-25(18-9-5-6-10-18)23-21(20)16-7-3-2-4-8-16/h2-4,7-8,11-14,18,24H,5-6,9-10H2,1H3. The maximum Gasteiger partial charge on any atom is 0.265 e. The second-order valence-corrected chi connectivity index (χ2v) is 9.25. The van der Waals surface area contributed by atoms with Crippen LogP contribution < -0.4 is 4.72 Å². The third kappa shape index (κ3) is 3.80. The number of nitrogens with one attached hydrogen (secondary N) is 1. The van der Waals surface area contributed by atoms with Crippen LogP contribution in [0.2, 0.25) is 5.02 Å². The Kier molecular flexibility index (Phi) is 5.17. The first-order chi connectivity index (χ1) is 13.4. The highest BCUT2D eigenvalue weighted by Crippen LogP contribution is 2.34. The highest BCUT2D eigenvalue weighted by molar-refractivity contribution is 7.92. The predicted molar refractivity (Wildman–Crippen MR) is 112 cm³/mol. The minimum Gasteiger partial charge on any atom is -0.279 e. The number of aryl methyl sites for hydroxylation is 1. The Hall–Kier alpha value is -2.31. The number of anilines is 1. The van der Waals surface area contributed by atoms with Crippen LogP contribution >= 0.6 is 11.6 Å². The fourth-order valence-corrected chi connectivity index (χ4v) is 4.98. The van der Waals surface area contributed by atoms with Gasteiger partial charge in [-0.1, -0.05) is 60.8 Å². The summed E-state index contributed by atoms with van der Waals surface area (Å²) in [5, 5.41) is 5.19. The zero-order valence-electron chi connectivity index (χ0n) is 15.6. The lowest BCUT2D eigenvalue weighted by Crippen LogP contribution is -2.13. The number of hydrogen-bond acceptors (Lipinski definition) is 3. The number of sulfonamides is 1. The molecule has 1 fully saturated rings. The van der Waals surface area contributed by atoms with Crippen molar-refractivity contribution in [3.8, 4) is 11.3 Å². The fraction of sp³-hybridized carbons (Fsp3) is 0.286. The van der Waals surface area contributed by atoms with E-state index in [1.165, 1.54) is 0 Å². The van der Waals surface area contributed by atoms with Gasteiger partial charge >= 0.3 is 0 Å². The third-order valence-corrected chi connectivity index (χ3v) is 6.95. The van der Waals surface area contributed by atoms with Crippen molar-refractivity contribution in [3.05, 3.63) is 65.3 Å². The molecule has 3 aromatic rings. The summed E-state index contributed by atoms with van der Waals surface area (Å²) >= 11 is 6.15. The molecule has 1 heterocycles. The summed E-state index contributed by atoms with van der Waals surface area (Å²) in [7, 11) is -3.82. The third-order valence-electron chi connectivity index (χ3n) is 5.16. The monoisotopic (exact) mass is 415 g/mol. The molecule has 0 amide bonds. The van der Waals surface area contributed by atoms with Crippen LogP contribution in [-0.2, 0) is 10.0 Å². The van der Waals surface area contributed by atoms with Gasteiger partial charge in [-0.25, -0.2) is 8.42 Å². The molecule has 1 N–H and O–H groups in total. The molecule has 1 aliphatic carbocycles. The molecule has 4 rings (SSSR count). The van der Waals surface area contributed by atoms with Crippen molar-refractivity contribution in [2.45, 2.75) is 43.5 Å². The largest absolute Gasteiger partial charge is 0.279 e. The van der Waals surface area contributed by atoms with E-state index in [0.717, 1.165) is 36.8 Å². The van der Waals surface area contributed by atoms with Crippen LogP contribution in [0.1, 0.15) is 37.3 Å². The van der Waals surface area contributed by atoms with Crippen molar-refractivity contribution in [2.75, 3.05) is 4.72 Å². The van der Waals surface area contributed by atoms with Crippen LogP contribution in [-0.4, -0.2) is 18.2 Å². The fourth-order valence-electron chi connectivity index (χ4n) is 3.59. The van der Waals surface area contributed by atoms with Crippen molar-refractivity contribution in [2.24, 2.45) is 0 Å². The molecule has 0 bridgehead atoms. The molecule has 28 heavy (non-hydrogen) atoms. The number of hydrogen-bond donors (Lipinski definition) is 1. The van der Waals surface area contributed by atoms with Crippen LogP contribution in [0.15, 0.2) is 59.6 Å². The molecular weight excluding hydrogens is 394 g/mol. The topological polar surface area (TPSA) is 64.0 Å². The van der Waals surface area contributed by atoms with Crippen molar-refractivity contribution in [1.82, 2.24) is 9.78 Å². The summed E-state index contributed by atoms with van der Waals surface area (Å²) in [5.41, 5.74) is 2.58. The second kappa shape index (κ2) is 7.60. The van der Waals surface area contributed by atoms with Crippen LogP contribution in [0.25, 0.3) is 11.3 Å². The molecule has 7 heteroatoms. The van der Waals surface area contributed by atoms with Crippen molar-refractivity contribution < 1.29 is 8.42 Å². The Morgan fingerprint density at radius 1 is 1.11 bits per heavy atom. The number of halogens is 1. The van der Waals surface area contributed by atoms with Crippen LogP contribution in [0.5, 0.6) is 0 Å². The Morgan fingerprint density at radius 2 is 1.82 bits per heavy atom. The van der Waals surface area contributed by atoms with Gasteiger partial charge in [0.15, 0.2) is 0 Å². The van der Waals surface area contributed by atoms with E-state index in [0.29, 0.717) is 16.4 Å². The summed E-state index contributed by atoms with van der Waals surface area (Å²) in [4.78, 5) is 0.183. The number of rotatable bonds is 5. The quantitative estimate of drug-likeness (QED) is 0.604. The second-order valence-electron chi connectivity index (χ2n) is 7.20. The highest BCUT2D eigenvalue weighted by Gasteiger charge is 2.27. The molecule has 2 aromatic carbocycles. The van der Waals surface area contributed by atoms with E-state index in [4.69, 9.17) is 11.6 Å². The molecule has 0 saturated heterocycles. The Labute approximate surface area is 170 Å². The first-order valence-corrected chi connectivity index (χ1v) is 11.2. The maximum atomic E-state index is 13.2. The van der Waals surface area contributed by atoms with E-state index in [-0.39, 0.29) is 10.9 Å². The Balaban J connectivity index is 1.76. The van der Waals surface area contributed by atoms with Gasteiger partial charge in [0.1, 0.15) is 10.6 Å². The molecule has 5 nitrogen and oxygen atoms in total. The van der Waals surface area contributed by atoms with Gasteiger partial charge in [-0.3, -0.25) is 9.40 Å². The molecule has 0 spiro atoms. The van der Waals surface area contributed by atoms with Gasteiger partial charge in [-0.05, 0) is 37.5 Å². The van der Waals surface area contributed by atoms with Crippen LogP contribution in [0.4, 0.5) is 5.69 Å². The summed E-state index contributed by atoms with van der Waals surface area (Å²) in [5.74, 6) is 0. The summed E-state index contributed by atoms with van der Waals surface area (Å²) in [6.07, 6.45) is 6.00. The zero-order valence-corrected chi connectivity index (χ0v) is 17.2. The molecule has 1 saturated carbocycles. The van der Waals surface area contributed by atoms with E-state index in [2.05, 4.69) is 9.82 Å². The van der Waals surface area contributed by atoms with E-state index in [1.54, 1.807) is 24.4 Å². The summed E-state index contributed by atoms with van der Waals surface area (Å²) in [6.45, 7) is 1.87. The Bertz CT molecular complexity index is 1090. The first-order valence-electron chi connectivity index (χ1n) is 9.37. The normalized spacial score (nSPS) is 15.1. The van der Waals surface area contributed by atoms with Gasteiger partial charge in [0, 0.05) is 16.8 Å². The maximum absolute atomic E-state index is 13.2. The summed E-state index contributed by atoms with van der Waals surface area (Å²) in [6, 6.07) is 14.8. The lowest BCUT2D eigenvalue weighted by Gasteiger charge is -2.09. The summed E-state index contributed by atoms with van der Waals surface area (Å²) < 4.78 is 30.9. The number of aromatic nitrogens is 2. The van der Waals surface area contributed by atoms with Gasteiger partial charge in [-0.15, -0.1) is 0 Å². The van der Waals surface area contributed by atoms with Gasteiger partial charge < -0.3 is 0 Å². The molecule has 0 aliphatic heterocycles. The van der Waals surface area contributed by atoms with Crippen LogP contribution in [0.3, 0.4) is 0 Å². The van der Waals surface area contributed by atoms with Crippen molar-refractivity contribution in [3.63, 3.8) is 0 Å². The van der Waals surface area contributed by atoms with Gasteiger partial charge in [-0.2, -0.15) is 5.10 Å². The van der Waals surface area contributed by atoms with Gasteiger partial charge in [0.05, 0.1) is 11.7 Å². The van der Waals surface area contributed by atoms with Gasteiger partial charge in [0.2, 0.25) is 0 Å². The average Bonchev–Trinajstić information content (AvgIpc) is 3.35. The zero-order chi connectivity index (χ0) is 19.7. The van der Waals surface area contributed by atoms with E-state index < -0.39 is 10.0 Å². The van der Waals surface area contributed by atoms with Crippen molar-refractivity contribution >= 4 is 27.3 Å². The van der Waals surface area contributed by atoms with Crippen LogP contribution in [0, 0.1) is 6.92 Å². The van der Waals surface area contributed by atoms with E-state index in [1.807, 2.05) is 41.9 Å². The number of benzene rings is 2. The molecule has 0 atom stereocenters. The molecular formula is C21H22ClN3O2S. The SMILES string of the molecule is Cc1ccc(NS(=O)(=O)c2cn(C3CCCC3)nc2-c2ccccc2)cc1Cl. The Morgan fingerprint density at radius 3 is 2.50 bits per heavy atom. The van der Waals surface area contributed by atoms with Gasteiger partial charge in [0.25, 0.3) is 10.0 Å². The molecule has 0 unspecified atom stereocenters. The lowest BCUT2D eigenvalue weighted by atomic mass is 10.2. The minimum atomic E-state index is -3.82. The predicted octanol–water partition coefficient (Wildman–Crippen LogP) is 5.43. The molecule has 146 valence electrons. The molecule has 1 aromatic heterocycles. The lowest BCUT2D eigenvalue weighted by molar-refractivity contribution is 0.467. The van der Waals surface area contributed by atoms with E-state index in [9.17, 15) is 8.42 Å². The molecule has 0 radical (unpaired) electrons. The number of nitrogens with zero attached hydrogens (tertiary/aromatic N) is 2. The van der Waals surface area contributed by atoms with Crippen molar-refractivity contribution in [1.29, 1.82) is 0 Å². The smallest absolute Gasteiger partial charge is 0.265 e. The molecule has 1 aliphatic rings. The first kappa shape index (κ1) is 19.0. The highest BCUT2D eigenvalue weighted by atomic mass is 35.5. The average molecular weight is 416 g/mol. The minimum absolute atomic E-state index is 0.183. The van der Waals surface area contributed by atoms with E-state index >= 15 is 0 Å².